The van der Waals surface area contributed by atoms with Crippen molar-refractivity contribution in [1.29, 1.82) is 0 Å². The van der Waals surface area contributed by atoms with E-state index >= 15 is 0 Å². The first-order chi connectivity index (χ1) is 10.4. The van der Waals surface area contributed by atoms with Crippen molar-refractivity contribution in [3.63, 3.8) is 0 Å². The number of nitrogens with zero attached hydrogens (tertiary/aromatic N) is 2. The minimum atomic E-state index is -0.579. The first-order valence-corrected chi connectivity index (χ1v) is 7.76. The van der Waals surface area contributed by atoms with Crippen LogP contribution in [0.15, 0.2) is 18.2 Å². The molecule has 2 N–H and O–H groups in total. The molecular formula is C17H27N3O2. The molecule has 1 aliphatic heterocycles. The molecule has 5 nitrogen and oxygen atoms in total. The van der Waals surface area contributed by atoms with E-state index in [0.717, 1.165) is 37.1 Å². The maximum atomic E-state index is 12.6. The van der Waals surface area contributed by atoms with E-state index in [1.54, 1.807) is 12.0 Å². The summed E-state index contributed by atoms with van der Waals surface area (Å²) in [5.74, 6) is 0.0697. The van der Waals surface area contributed by atoms with Gasteiger partial charge in [-0.3, -0.25) is 4.79 Å². The van der Waals surface area contributed by atoms with Gasteiger partial charge >= 0.3 is 0 Å². The van der Waals surface area contributed by atoms with Crippen molar-refractivity contribution in [2.75, 3.05) is 27.2 Å². The summed E-state index contributed by atoms with van der Waals surface area (Å²) in [6.45, 7) is 5.59. The van der Waals surface area contributed by atoms with Crippen molar-refractivity contribution in [2.45, 2.75) is 38.8 Å². The summed E-state index contributed by atoms with van der Waals surface area (Å²) in [4.78, 5) is 19.5. The predicted octanol–water partition coefficient (Wildman–Crippen LogP) is 1.62. The standard InChI is InChI=1S/C17H27N3O2/c1-13-5-6-15(14(2)11-13)12-16(21)19(3)17(18)7-9-20(22-4)10-8-17/h5-6,11H,7-10,12,18H2,1-4H3. The van der Waals surface area contributed by atoms with Crippen molar-refractivity contribution in [3.8, 4) is 0 Å². The van der Waals surface area contributed by atoms with Crippen LogP contribution in [0.5, 0.6) is 0 Å². The Morgan fingerprint density at radius 2 is 2.00 bits per heavy atom. The lowest BCUT2D eigenvalue weighted by atomic mass is 9.96. The largest absolute Gasteiger partial charge is 0.327 e. The molecule has 1 heterocycles. The summed E-state index contributed by atoms with van der Waals surface area (Å²) < 4.78 is 0. The molecule has 0 spiro atoms. The van der Waals surface area contributed by atoms with Gasteiger partial charge < -0.3 is 15.5 Å². The highest BCUT2D eigenvalue weighted by atomic mass is 16.7. The molecule has 0 bridgehead atoms. The maximum absolute atomic E-state index is 12.6. The van der Waals surface area contributed by atoms with Crippen LogP contribution >= 0.6 is 0 Å². The number of carbonyl (C=O) groups is 1. The van der Waals surface area contributed by atoms with Gasteiger partial charge in [0.05, 0.1) is 19.2 Å². The number of nitrogens with two attached hydrogens (primary N) is 1. The lowest BCUT2D eigenvalue weighted by Crippen LogP contribution is -2.61. The first kappa shape index (κ1) is 16.9. The molecule has 122 valence electrons. The van der Waals surface area contributed by atoms with Crippen molar-refractivity contribution in [3.05, 3.63) is 34.9 Å². The Labute approximate surface area is 133 Å². The Balaban J connectivity index is 2.02. The van der Waals surface area contributed by atoms with Crippen LogP contribution < -0.4 is 5.73 Å². The Kier molecular flexibility index (Phi) is 5.21. The van der Waals surface area contributed by atoms with Crippen LogP contribution in [0.2, 0.25) is 0 Å². The van der Waals surface area contributed by atoms with E-state index < -0.39 is 5.66 Å². The van der Waals surface area contributed by atoms with Gasteiger partial charge in [-0.05, 0) is 37.8 Å². The average molecular weight is 305 g/mol. The van der Waals surface area contributed by atoms with Crippen molar-refractivity contribution >= 4 is 5.91 Å². The summed E-state index contributed by atoms with van der Waals surface area (Å²) in [6, 6.07) is 6.19. The summed E-state index contributed by atoms with van der Waals surface area (Å²) in [5.41, 5.74) is 9.32. The van der Waals surface area contributed by atoms with Crippen molar-refractivity contribution < 1.29 is 9.63 Å². The molecule has 22 heavy (non-hydrogen) atoms. The predicted molar refractivity (Wildman–Crippen MR) is 87.1 cm³/mol. The van der Waals surface area contributed by atoms with Gasteiger partial charge in [-0.25, -0.2) is 0 Å². The molecule has 1 aliphatic rings. The third-order valence-corrected chi connectivity index (χ3v) is 4.73. The zero-order valence-electron chi connectivity index (χ0n) is 14.1. The average Bonchev–Trinajstić information content (AvgIpc) is 2.50. The zero-order valence-corrected chi connectivity index (χ0v) is 14.1. The van der Waals surface area contributed by atoms with E-state index in [2.05, 4.69) is 13.0 Å². The number of likely N-dealkylation sites (N-methyl/N-ethyl adjacent to an activating group) is 1. The smallest absolute Gasteiger partial charge is 0.228 e. The van der Waals surface area contributed by atoms with E-state index in [4.69, 9.17) is 10.6 Å². The number of amides is 1. The molecule has 0 unspecified atom stereocenters. The maximum Gasteiger partial charge on any atom is 0.228 e. The molecule has 1 amide bonds. The highest BCUT2D eigenvalue weighted by Crippen LogP contribution is 2.24. The van der Waals surface area contributed by atoms with Crippen LogP contribution in [-0.2, 0) is 16.1 Å². The van der Waals surface area contributed by atoms with E-state index in [9.17, 15) is 4.79 Å². The number of aryl methyl sites for hydroxylation is 2. The van der Waals surface area contributed by atoms with Crippen LogP contribution in [0.4, 0.5) is 0 Å². The second-order valence-corrected chi connectivity index (χ2v) is 6.27. The van der Waals surface area contributed by atoms with Gasteiger partial charge in [0.1, 0.15) is 0 Å². The second-order valence-electron chi connectivity index (χ2n) is 6.27. The highest BCUT2D eigenvalue weighted by molar-refractivity contribution is 5.79. The Bertz CT molecular complexity index is 537. The van der Waals surface area contributed by atoms with E-state index in [-0.39, 0.29) is 5.91 Å². The fraction of sp³-hybridized carbons (Fsp3) is 0.588. The van der Waals surface area contributed by atoms with Crippen LogP contribution in [0, 0.1) is 13.8 Å². The number of rotatable bonds is 4. The lowest BCUT2D eigenvalue weighted by Gasteiger charge is -2.44. The lowest BCUT2D eigenvalue weighted by molar-refractivity contribution is -0.166. The molecule has 5 heteroatoms. The number of benzene rings is 1. The SMILES string of the molecule is CON1CCC(N)(N(C)C(=O)Cc2ccc(C)cc2C)CC1. The van der Waals surface area contributed by atoms with E-state index in [1.807, 2.05) is 31.2 Å². The molecule has 0 radical (unpaired) electrons. The summed E-state index contributed by atoms with van der Waals surface area (Å²) in [6.07, 6.45) is 1.83. The molecule has 1 fully saturated rings. The second kappa shape index (κ2) is 6.77. The van der Waals surface area contributed by atoms with Crippen LogP contribution in [0.1, 0.15) is 29.5 Å². The molecule has 1 saturated heterocycles. The molecule has 0 aromatic heterocycles. The molecule has 2 rings (SSSR count). The van der Waals surface area contributed by atoms with Crippen molar-refractivity contribution in [2.24, 2.45) is 5.73 Å². The summed E-state index contributed by atoms with van der Waals surface area (Å²) in [5, 5.41) is 1.88. The van der Waals surface area contributed by atoms with Gasteiger partial charge in [0.25, 0.3) is 0 Å². The van der Waals surface area contributed by atoms with Gasteiger partial charge in [-0.2, -0.15) is 5.06 Å². The van der Waals surface area contributed by atoms with Crippen LogP contribution in [-0.4, -0.2) is 48.8 Å². The topological polar surface area (TPSA) is 58.8 Å². The van der Waals surface area contributed by atoms with Crippen LogP contribution in [0.3, 0.4) is 0 Å². The Hall–Kier alpha value is -1.43. The first-order valence-electron chi connectivity index (χ1n) is 7.76. The number of hydrogen-bond acceptors (Lipinski definition) is 4. The fourth-order valence-electron chi connectivity index (χ4n) is 2.97. The molecule has 0 atom stereocenters. The van der Waals surface area contributed by atoms with Crippen LogP contribution in [0.25, 0.3) is 0 Å². The molecule has 1 aromatic rings. The summed E-state index contributed by atoms with van der Waals surface area (Å²) >= 11 is 0. The molecule has 0 aliphatic carbocycles. The van der Waals surface area contributed by atoms with Gasteiger partial charge in [-0.15, -0.1) is 0 Å². The fourth-order valence-corrected chi connectivity index (χ4v) is 2.97. The van der Waals surface area contributed by atoms with Crippen molar-refractivity contribution in [1.82, 2.24) is 9.96 Å². The zero-order chi connectivity index (χ0) is 16.3. The van der Waals surface area contributed by atoms with E-state index in [1.165, 1.54) is 5.56 Å². The number of carbonyl (C=O) groups excluding carboxylic acids is 1. The summed E-state index contributed by atoms with van der Waals surface area (Å²) in [7, 11) is 3.48. The van der Waals surface area contributed by atoms with Gasteiger partial charge in [-0.1, -0.05) is 23.8 Å². The number of hydrogen-bond donors (Lipinski definition) is 1. The highest BCUT2D eigenvalue weighted by Gasteiger charge is 2.37. The minimum Gasteiger partial charge on any atom is -0.327 e. The molecule has 0 saturated carbocycles. The van der Waals surface area contributed by atoms with Gasteiger partial charge in [0, 0.05) is 20.1 Å². The monoisotopic (exact) mass is 305 g/mol. The normalized spacial score (nSPS) is 18.2. The Morgan fingerprint density at radius 3 is 2.55 bits per heavy atom. The number of hydroxylamine groups is 2. The molecular weight excluding hydrogens is 278 g/mol. The van der Waals surface area contributed by atoms with E-state index in [0.29, 0.717) is 6.42 Å². The van der Waals surface area contributed by atoms with Gasteiger partial charge in [0.15, 0.2) is 0 Å². The Morgan fingerprint density at radius 1 is 1.36 bits per heavy atom. The molecule has 1 aromatic carbocycles. The third-order valence-electron chi connectivity index (χ3n) is 4.73. The third kappa shape index (κ3) is 3.66. The minimum absolute atomic E-state index is 0.0697. The van der Waals surface area contributed by atoms with Gasteiger partial charge in [0.2, 0.25) is 5.91 Å². The number of piperidine rings is 1. The quantitative estimate of drug-likeness (QED) is 0.859.